The van der Waals surface area contributed by atoms with Gasteiger partial charge in [0.2, 0.25) is 0 Å². The molecule has 0 aliphatic rings. The van der Waals surface area contributed by atoms with Gasteiger partial charge in [-0.05, 0) is 30.2 Å². The number of hydrogen-bond acceptors (Lipinski definition) is 4. The molecule has 3 aromatic rings. The Balaban J connectivity index is 2.00. The van der Waals surface area contributed by atoms with E-state index >= 15 is 0 Å². The molecule has 0 radical (unpaired) electrons. The zero-order valence-electron chi connectivity index (χ0n) is 17.0. The van der Waals surface area contributed by atoms with Crippen molar-refractivity contribution in [2.24, 2.45) is 0 Å². The molecule has 150 valence electrons. The van der Waals surface area contributed by atoms with Crippen molar-refractivity contribution in [1.29, 1.82) is 0 Å². The van der Waals surface area contributed by atoms with Crippen LogP contribution in [-0.4, -0.2) is 35.8 Å². The van der Waals surface area contributed by atoms with E-state index in [1.807, 2.05) is 16.7 Å². The van der Waals surface area contributed by atoms with Gasteiger partial charge in [-0.15, -0.1) is 0 Å². The van der Waals surface area contributed by atoms with Gasteiger partial charge in [-0.2, -0.15) is 0 Å². The number of halogens is 1. The summed E-state index contributed by atoms with van der Waals surface area (Å²) < 4.78 is 14.0. The molecule has 3 rings (SSSR count). The molecule has 0 aliphatic heterocycles. The quantitative estimate of drug-likeness (QED) is 0.249. The number of hydrogen-bond donors (Lipinski definition) is 0. The first-order chi connectivity index (χ1) is 13.4. The third-order valence-electron chi connectivity index (χ3n) is 4.44. The van der Waals surface area contributed by atoms with E-state index in [1.54, 1.807) is 18.5 Å². The maximum Gasteiger partial charge on any atom is 0.147 e. The van der Waals surface area contributed by atoms with Crippen molar-refractivity contribution in [2.45, 2.75) is 45.8 Å². The number of rotatable bonds is 9. The number of pyridine rings is 2. The van der Waals surface area contributed by atoms with E-state index in [2.05, 4.69) is 42.7 Å². The Kier molecular flexibility index (Phi) is 6.75. The molecule has 3 aromatic heterocycles. The van der Waals surface area contributed by atoms with Crippen LogP contribution in [0.2, 0.25) is 30.8 Å². The lowest BCUT2D eigenvalue weighted by Crippen LogP contribution is -2.22. The second-order valence-corrected chi connectivity index (χ2v) is 14.1. The molecule has 0 fully saturated rings. The molecule has 0 unspecified atom stereocenters. The van der Waals surface area contributed by atoms with Crippen LogP contribution in [-0.2, 0) is 11.5 Å². The second kappa shape index (κ2) is 9.07. The van der Waals surface area contributed by atoms with Gasteiger partial charge in [-0.3, -0.25) is 4.98 Å². The van der Waals surface area contributed by atoms with E-state index in [9.17, 15) is 0 Å². The summed E-state index contributed by atoms with van der Waals surface area (Å²) >= 11 is 6.30. The summed E-state index contributed by atoms with van der Waals surface area (Å²) in [7, 11) is -1.13. The number of fused-ring (bicyclic) bond motifs is 1. The molecular weight excluding hydrogens is 390 g/mol. The first-order valence-corrected chi connectivity index (χ1v) is 13.8. The van der Waals surface area contributed by atoms with Crippen molar-refractivity contribution in [2.75, 3.05) is 13.2 Å². The van der Waals surface area contributed by atoms with Gasteiger partial charge in [0.15, 0.2) is 0 Å². The fourth-order valence-electron chi connectivity index (χ4n) is 2.94. The molecule has 0 spiro atoms. The van der Waals surface area contributed by atoms with Crippen LogP contribution in [0.1, 0.15) is 13.3 Å². The van der Waals surface area contributed by atoms with E-state index in [4.69, 9.17) is 21.1 Å². The first kappa shape index (κ1) is 20.8. The summed E-state index contributed by atoms with van der Waals surface area (Å²) in [6, 6.07) is 6.90. The van der Waals surface area contributed by atoms with E-state index in [0.29, 0.717) is 18.5 Å². The van der Waals surface area contributed by atoms with Crippen LogP contribution in [0.5, 0.6) is 5.75 Å². The zero-order chi connectivity index (χ0) is 20.1. The molecule has 3 heterocycles. The zero-order valence-corrected chi connectivity index (χ0v) is 18.8. The Morgan fingerprint density at radius 1 is 1.14 bits per heavy atom. The van der Waals surface area contributed by atoms with Crippen LogP contribution in [0, 0.1) is 0 Å². The molecule has 0 N–H and O–H groups in total. The number of ether oxygens (including phenoxy) is 2. The second-order valence-electron chi connectivity index (χ2n) is 8.09. The van der Waals surface area contributed by atoms with Crippen LogP contribution in [0.4, 0.5) is 0 Å². The summed E-state index contributed by atoms with van der Waals surface area (Å²) in [6.45, 7) is 10.9. The highest BCUT2D eigenvalue weighted by Gasteiger charge is 2.18. The standard InChI is InChI=1S/C21H28ClN3O2Si/c1-5-10-27-18-13-19(22)24-21-20(18)17(16-6-8-23-9-7-16)14-25(21)15-26-11-12-28(2,3)4/h6-9,13-14H,5,10-12,15H2,1-4H3. The Bertz CT molecular complexity index is 923. The molecule has 0 saturated heterocycles. The van der Waals surface area contributed by atoms with Gasteiger partial charge < -0.3 is 14.0 Å². The van der Waals surface area contributed by atoms with Crippen molar-refractivity contribution in [3.63, 3.8) is 0 Å². The topological polar surface area (TPSA) is 49.2 Å². The SMILES string of the molecule is CCCOc1cc(Cl)nc2c1c(-c1ccncc1)cn2COCC[Si](C)(C)C. The van der Waals surface area contributed by atoms with Crippen molar-refractivity contribution >= 4 is 30.7 Å². The molecule has 0 bridgehead atoms. The van der Waals surface area contributed by atoms with Gasteiger partial charge in [0.1, 0.15) is 23.3 Å². The first-order valence-electron chi connectivity index (χ1n) is 9.69. The summed E-state index contributed by atoms with van der Waals surface area (Å²) in [5.74, 6) is 0.754. The fraction of sp³-hybridized carbons (Fsp3) is 0.429. The highest BCUT2D eigenvalue weighted by atomic mass is 35.5. The van der Waals surface area contributed by atoms with E-state index in [0.717, 1.165) is 47.0 Å². The molecular formula is C21H28ClN3O2Si. The van der Waals surface area contributed by atoms with Gasteiger partial charge in [-0.1, -0.05) is 38.2 Å². The highest BCUT2D eigenvalue weighted by molar-refractivity contribution is 6.76. The Labute approximate surface area is 172 Å². The molecule has 0 aromatic carbocycles. The average Bonchev–Trinajstić information content (AvgIpc) is 3.02. The van der Waals surface area contributed by atoms with Crippen LogP contribution in [0.15, 0.2) is 36.8 Å². The lowest BCUT2D eigenvalue weighted by Gasteiger charge is -2.15. The summed E-state index contributed by atoms with van der Waals surface area (Å²) in [6.07, 6.45) is 6.57. The van der Waals surface area contributed by atoms with E-state index in [1.165, 1.54) is 0 Å². The molecule has 0 amide bonds. The maximum atomic E-state index is 6.30. The summed E-state index contributed by atoms with van der Waals surface area (Å²) in [5, 5.41) is 1.37. The lowest BCUT2D eigenvalue weighted by molar-refractivity contribution is 0.0899. The maximum absolute atomic E-state index is 6.30. The highest BCUT2D eigenvalue weighted by Crippen LogP contribution is 2.37. The van der Waals surface area contributed by atoms with E-state index < -0.39 is 8.07 Å². The average molecular weight is 418 g/mol. The molecule has 7 heteroatoms. The van der Waals surface area contributed by atoms with Gasteiger partial charge in [-0.25, -0.2) is 4.98 Å². The van der Waals surface area contributed by atoms with Crippen molar-refractivity contribution in [3.05, 3.63) is 41.9 Å². The number of nitrogens with zero attached hydrogens (tertiary/aromatic N) is 3. The predicted octanol–water partition coefficient (Wildman–Crippen LogP) is 5.85. The molecule has 0 atom stereocenters. The summed E-state index contributed by atoms with van der Waals surface area (Å²) in [5.41, 5.74) is 2.88. The van der Waals surface area contributed by atoms with E-state index in [-0.39, 0.29) is 0 Å². The van der Waals surface area contributed by atoms with Crippen molar-refractivity contribution in [3.8, 4) is 16.9 Å². The van der Waals surface area contributed by atoms with Crippen LogP contribution in [0.3, 0.4) is 0 Å². The molecule has 28 heavy (non-hydrogen) atoms. The van der Waals surface area contributed by atoms with Crippen LogP contribution >= 0.6 is 11.6 Å². The Morgan fingerprint density at radius 3 is 2.57 bits per heavy atom. The third-order valence-corrected chi connectivity index (χ3v) is 6.34. The smallest absolute Gasteiger partial charge is 0.147 e. The minimum absolute atomic E-state index is 0.418. The fourth-order valence-corrected chi connectivity index (χ4v) is 3.87. The lowest BCUT2D eigenvalue weighted by atomic mass is 10.1. The Hall–Kier alpha value is -1.89. The Morgan fingerprint density at radius 2 is 1.89 bits per heavy atom. The predicted molar refractivity (Wildman–Crippen MR) is 118 cm³/mol. The van der Waals surface area contributed by atoms with Crippen LogP contribution in [0.25, 0.3) is 22.2 Å². The van der Waals surface area contributed by atoms with Gasteiger partial charge in [0.25, 0.3) is 0 Å². The minimum atomic E-state index is -1.13. The monoisotopic (exact) mass is 417 g/mol. The molecule has 0 saturated carbocycles. The largest absolute Gasteiger partial charge is 0.493 e. The molecule has 0 aliphatic carbocycles. The third kappa shape index (κ3) is 5.13. The minimum Gasteiger partial charge on any atom is -0.493 e. The van der Waals surface area contributed by atoms with Gasteiger partial charge >= 0.3 is 0 Å². The van der Waals surface area contributed by atoms with Crippen molar-refractivity contribution in [1.82, 2.24) is 14.5 Å². The number of aromatic nitrogens is 3. The van der Waals surface area contributed by atoms with Gasteiger partial charge in [0, 0.05) is 44.9 Å². The summed E-state index contributed by atoms with van der Waals surface area (Å²) in [4.78, 5) is 8.71. The van der Waals surface area contributed by atoms with Gasteiger partial charge in [0.05, 0.1) is 12.0 Å². The molecule has 5 nitrogen and oxygen atoms in total. The normalized spacial score (nSPS) is 11.9. The van der Waals surface area contributed by atoms with Crippen LogP contribution < -0.4 is 4.74 Å². The van der Waals surface area contributed by atoms with Crippen molar-refractivity contribution < 1.29 is 9.47 Å².